The van der Waals surface area contributed by atoms with Gasteiger partial charge >= 0.3 is 0 Å². The molecule has 2 aromatic rings. The molecule has 3 aliphatic rings. The molecule has 2 aliphatic heterocycles. The van der Waals surface area contributed by atoms with Crippen LogP contribution in [-0.4, -0.2) is 32.7 Å². The highest BCUT2D eigenvalue weighted by molar-refractivity contribution is 5.87. The number of fused-ring (bicyclic) bond motifs is 4. The molecule has 0 amide bonds. The molecule has 0 saturated heterocycles. The predicted octanol–water partition coefficient (Wildman–Crippen LogP) is 2.55. The Morgan fingerprint density at radius 3 is 2.80 bits per heavy atom. The Kier molecular flexibility index (Phi) is 3.06. The van der Waals surface area contributed by atoms with E-state index in [0.29, 0.717) is 17.2 Å². The summed E-state index contributed by atoms with van der Waals surface area (Å²) in [5.74, 6) is 2.76. The molecular formula is C19H19NO5. The Morgan fingerprint density at radius 2 is 2.00 bits per heavy atom. The monoisotopic (exact) mass is 341 g/mol. The van der Waals surface area contributed by atoms with Gasteiger partial charge in [0.05, 0.1) is 14.2 Å². The quantitative estimate of drug-likeness (QED) is 0.875. The second-order valence-corrected chi connectivity index (χ2v) is 6.51. The minimum Gasteiger partial charge on any atom is -0.504 e. The van der Waals surface area contributed by atoms with E-state index in [1.54, 1.807) is 20.3 Å². The molecule has 0 radical (unpaired) electrons. The first-order valence-corrected chi connectivity index (χ1v) is 8.38. The van der Waals surface area contributed by atoms with Gasteiger partial charge in [0.15, 0.2) is 23.0 Å². The van der Waals surface area contributed by atoms with Gasteiger partial charge in [-0.3, -0.25) is 0 Å². The molecule has 2 heterocycles. The lowest BCUT2D eigenvalue weighted by Crippen LogP contribution is -2.34. The van der Waals surface area contributed by atoms with Crippen LogP contribution in [-0.2, 0) is 12.8 Å². The van der Waals surface area contributed by atoms with Crippen molar-refractivity contribution in [3.8, 4) is 39.9 Å². The summed E-state index contributed by atoms with van der Waals surface area (Å²) in [6.07, 6.45) is 1.70. The molecule has 2 N–H and O–H groups in total. The van der Waals surface area contributed by atoms with Gasteiger partial charge in [-0.1, -0.05) is 0 Å². The van der Waals surface area contributed by atoms with Crippen molar-refractivity contribution in [1.29, 1.82) is 0 Å². The smallest absolute Gasteiger partial charge is 0.231 e. The number of hydrogen-bond acceptors (Lipinski definition) is 6. The van der Waals surface area contributed by atoms with E-state index in [2.05, 4.69) is 5.32 Å². The molecular weight excluding hydrogens is 322 g/mol. The number of ether oxygens (including phenoxy) is 4. The highest BCUT2D eigenvalue weighted by Gasteiger charge is 2.39. The standard InChI is InChI=1S/C19H19NO5/c1-22-14-6-9-5-12-15-10(3-4-20-12)17(23-2)19-18(24-8-25-19)16(15)11(9)7-13(14)21/h6-7,12,20-21H,3-5,8H2,1-2H3. The summed E-state index contributed by atoms with van der Waals surface area (Å²) >= 11 is 0. The third kappa shape index (κ3) is 1.88. The van der Waals surface area contributed by atoms with Crippen molar-refractivity contribution < 1.29 is 24.1 Å². The Labute approximate surface area is 145 Å². The maximum absolute atomic E-state index is 10.3. The van der Waals surface area contributed by atoms with Gasteiger partial charge in [-0.25, -0.2) is 0 Å². The van der Waals surface area contributed by atoms with Crippen LogP contribution in [0.3, 0.4) is 0 Å². The minimum atomic E-state index is 0.126. The van der Waals surface area contributed by atoms with Crippen molar-refractivity contribution in [3.05, 3.63) is 28.8 Å². The summed E-state index contributed by atoms with van der Waals surface area (Å²) in [4.78, 5) is 0. The van der Waals surface area contributed by atoms with Crippen LogP contribution in [0.4, 0.5) is 0 Å². The van der Waals surface area contributed by atoms with Gasteiger partial charge in [-0.2, -0.15) is 0 Å². The fourth-order valence-electron chi connectivity index (χ4n) is 4.32. The maximum atomic E-state index is 10.3. The zero-order valence-electron chi connectivity index (χ0n) is 14.1. The SMILES string of the molecule is COc1cc2c(cc1O)-c1c3c(c(OC)c4c1C(C2)NCC4)OCO3. The normalized spacial score (nSPS) is 19.2. The number of phenols is 1. The summed E-state index contributed by atoms with van der Waals surface area (Å²) < 4.78 is 22.5. The topological polar surface area (TPSA) is 69.2 Å². The van der Waals surface area contributed by atoms with Crippen molar-refractivity contribution in [1.82, 2.24) is 5.32 Å². The Morgan fingerprint density at radius 1 is 1.16 bits per heavy atom. The zero-order valence-corrected chi connectivity index (χ0v) is 14.1. The third-order valence-corrected chi connectivity index (χ3v) is 5.33. The molecule has 5 rings (SSSR count). The summed E-state index contributed by atoms with van der Waals surface area (Å²) in [6.45, 7) is 1.06. The summed E-state index contributed by atoms with van der Waals surface area (Å²) in [5.41, 5.74) is 5.46. The van der Waals surface area contributed by atoms with Gasteiger partial charge in [0, 0.05) is 17.2 Å². The minimum absolute atomic E-state index is 0.126. The van der Waals surface area contributed by atoms with Crippen LogP contribution >= 0.6 is 0 Å². The van der Waals surface area contributed by atoms with E-state index >= 15 is 0 Å². The number of hydrogen-bond donors (Lipinski definition) is 2. The third-order valence-electron chi connectivity index (χ3n) is 5.33. The van der Waals surface area contributed by atoms with Gasteiger partial charge in [0.1, 0.15) is 0 Å². The fraction of sp³-hybridized carbons (Fsp3) is 0.368. The van der Waals surface area contributed by atoms with Crippen molar-refractivity contribution in [2.75, 3.05) is 27.6 Å². The number of aromatic hydroxyl groups is 1. The van der Waals surface area contributed by atoms with Gasteiger partial charge in [-0.05, 0) is 48.2 Å². The van der Waals surface area contributed by atoms with Gasteiger partial charge in [-0.15, -0.1) is 0 Å². The van der Waals surface area contributed by atoms with Gasteiger partial charge in [0.25, 0.3) is 0 Å². The Balaban J connectivity index is 1.87. The van der Waals surface area contributed by atoms with Crippen LogP contribution in [0, 0.1) is 0 Å². The molecule has 6 nitrogen and oxygen atoms in total. The molecule has 0 spiro atoms. The second-order valence-electron chi connectivity index (χ2n) is 6.51. The number of rotatable bonds is 2. The highest BCUT2D eigenvalue weighted by Crippen LogP contribution is 2.57. The summed E-state index contributed by atoms with van der Waals surface area (Å²) in [7, 11) is 3.24. The molecule has 0 fully saturated rings. The van der Waals surface area contributed by atoms with Crippen LogP contribution < -0.4 is 24.3 Å². The molecule has 2 aromatic carbocycles. The van der Waals surface area contributed by atoms with E-state index in [4.69, 9.17) is 18.9 Å². The zero-order chi connectivity index (χ0) is 17.1. The highest BCUT2D eigenvalue weighted by atomic mass is 16.7. The Bertz CT molecular complexity index is 892. The molecule has 6 heteroatoms. The molecule has 0 bridgehead atoms. The van der Waals surface area contributed by atoms with E-state index in [1.165, 1.54) is 11.1 Å². The molecule has 1 aliphatic carbocycles. The van der Waals surface area contributed by atoms with E-state index in [0.717, 1.165) is 41.8 Å². The largest absolute Gasteiger partial charge is 0.504 e. The first kappa shape index (κ1) is 14.7. The van der Waals surface area contributed by atoms with Crippen LogP contribution in [0.5, 0.6) is 28.7 Å². The number of methoxy groups -OCH3 is 2. The van der Waals surface area contributed by atoms with Crippen LogP contribution in [0.1, 0.15) is 22.7 Å². The van der Waals surface area contributed by atoms with E-state index in [9.17, 15) is 5.11 Å². The lowest BCUT2D eigenvalue weighted by molar-refractivity contribution is 0.171. The van der Waals surface area contributed by atoms with Gasteiger partial charge < -0.3 is 29.4 Å². The fourth-order valence-corrected chi connectivity index (χ4v) is 4.32. The summed E-state index contributed by atoms with van der Waals surface area (Å²) in [6, 6.07) is 3.86. The first-order valence-electron chi connectivity index (χ1n) is 8.38. The maximum Gasteiger partial charge on any atom is 0.231 e. The first-order chi connectivity index (χ1) is 12.2. The van der Waals surface area contributed by atoms with E-state index in [1.807, 2.05) is 6.07 Å². The van der Waals surface area contributed by atoms with Crippen LogP contribution in [0.25, 0.3) is 11.1 Å². The molecule has 25 heavy (non-hydrogen) atoms. The number of benzene rings is 2. The average Bonchev–Trinajstić information content (AvgIpc) is 3.10. The number of nitrogens with one attached hydrogen (secondary N) is 1. The molecule has 1 unspecified atom stereocenters. The lowest BCUT2D eigenvalue weighted by atomic mass is 9.76. The summed E-state index contributed by atoms with van der Waals surface area (Å²) in [5, 5.41) is 13.9. The number of phenolic OH excluding ortho intramolecular Hbond substituents is 1. The Hall–Kier alpha value is -2.60. The van der Waals surface area contributed by atoms with Crippen molar-refractivity contribution in [2.45, 2.75) is 18.9 Å². The molecule has 0 aromatic heterocycles. The van der Waals surface area contributed by atoms with Gasteiger partial charge in [0.2, 0.25) is 12.5 Å². The average molecular weight is 341 g/mol. The van der Waals surface area contributed by atoms with Crippen LogP contribution in [0.15, 0.2) is 12.1 Å². The van der Waals surface area contributed by atoms with Crippen molar-refractivity contribution in [3.63, 3.8) is 0 Å². The van der Waals surface area contributed by atoms with Crippen LogP contribution in [0.2, 0.25) is 0 Å². The van der Waals surface area contributed by atoms with E-state index < -0.39 is 0 Å². The van der Waals surface area contributed by atoms with Crippen molar-refractivity contribution >= 4 is 0 Å². The molecule has 0 saturated carbocycles. The molecule has 1 atom stereocenters. The second kappa shape index (κ2) is 5.20. The lowest BCUT2D eigenvalue weighted by Gasteiger charge is -2.35. The van der Waals surface area contributed by atoms with E-state index in [-0.39, 0.29) is 18.6 Å². The molecule has 130 valence electrons. The predicted molar refractivity (Wildman–Crippen MR) is 90.9 cm³/mol. The van der Waals surface area contributed by atoms with Crippen molar-refractivity contribution in [2.24, 2.45) is 0 Å².